The molecule has 0 unspecified atom stereocenters. The van der Waals surface area contributed by atoms with Crippen molar-refractivity contribution in [3.63, 3.8) is 0 Å². The highest BCUT2D eigenvalue weighted by atomic mass is 16.5. The number of benzene rings is 1. The molecule has 0 saturated carbocycles. The molecule has 2 atom stereocenters. The Kier molecular flexibility index (Phi) is 6.49. The largest absolute Gasteiger partial charge is 0.493 e. The van der Waals surface area contributed by atoms with Crippen LogP contribution in [0.2, 0.25) is 0 Å². The van der Waals surface area contributed by atoms with E-state index in [0.29, 0.717) is 19.7 Å². The van der Waals surface area contributed by atoms with Gasteiger partial charge in [0, 0.05) is 25.6 Å². The predicted molar refractivity (Wildman–Crippen MR) is 95.5 cm³/mol. The zero-order chi connectivity index (χ0) is 17.7. The summed E-state index contributed by atoms with van der Waals surface area (Å²) in [6.45, 7) is 10.6. The second-order valence-corrected chi connectivity index (χ2v) is 6.87. The second kappa shape index (κ2) is 8.38. The SMILES string of the molecule is Cc1cc(C)c(C)c(OCCCNC(=O)N2CC[C@H]([C@@H](C)O)C2)c1. The van der Waals surface area contributed by atoms with Gasteiger partial charge < -0.3 is 20.1 Å². The summed E-state index contributed by atoms with van der Waals surface area (Å²) < 4.78 is 5.86. The molecule has 1 aromatic carbocycles. The Morgan fingerprint density at radius 1 is 1.42 bits per heavy atom. The maximum atomic E-state index is 12.1. The lowest BCUT2D eigenvalue weighted by atomic mass is 10.0. The molecule has 0 bridgehead atoms. The van der Waals surface area contributed by atoms with Crippen molar-refractivity contribution in [2.45, 2.75) is 46.6 Å². The highest BCUT2D eigenvalue weighted by molar-refractivity contribution is 5.74. The quantitative estimate of drug-likeness (QED) is 0.787. The van der Waals surface area contributed by atoms with Crippen molar-refractivity contribution in [2.75, 3.05) is 26.2 Å². The molecule has 0 spiro atoms. The number of carbonyl (C=O) groups excluding carboxylic acids is 1. The Bertz CT molecular complexity index is 572. The van der Waals surface area contributed by atoms with E-state index >= 15 is 0 Å². The molecule has 1 fully saturated rings. The second-order valence-electron chi connectivity index (χ2n) is 6.87. The Labute approximate surface area is 145 Å². The van der Waals surface area contributed by atoms with E-state index in [0.717, 1.165) is 25.1 Å². The summed E-state index contributed by atoms with van der Waals surface area (Å²) in [5.74, 6) is 1.13. The first kappa shape index (κ1) is 18.6. The van der Waals surface area contributed by atoms with Gasteiger partial charge in [-0.1, -0.05) is 6.07 Å². The lowest BCUT2D eigenvalue weighted by Gasteiger charge is -2.18. The minimum absolute atomic E-state index is 0.0410. The number of likely N-dealkylation sites (tertiary alicyclic amines) is 1. The smallest absolute Gasteiger partial charge is 0.317 e. The molecule has 2 rings (SSSR count). The topological polar surface area (TPSA) is 61.8 Å². The number of aliphatic hydroxyl groups excluding tert-OH is 1. The molecule has 0 radical (unpaired) electrons. The van der Waals surface area contributed by atoms with Gasteiger partial charge in [-0.2, -0.15) is 0 Å². The number of hydrogen-bond donors (Lipinski definition) is 2. The number of carbonyl (C=O) groups is 1. The maximum Gasteiger partial charge on any atom is 0.317 e. The Hall–Kier alpha value is -1.75. The van der Waals surface area contributed by atoms with Crippen LogP contribution >= 0.6 is 0 Å². The van der Waals surface area contributed by atoms with Gasteiger partial charge in [0.25, 0.3) is 0 Å². The summed E-state index contributed by atoms with van der Waals surface area (Å²) in [6, 6.07) is 4.17. The predicted octanol–water partition coefficient (Wildman–Crippen LogP) is 2.79. The van der Waals surface area contributed by atoms with Crippen molar-refractivity contribution in [2.24, 2.45) is 5.92 Å². The lowest BCUT2D eigenvalue weighted by molar-refractivity contribution is 0.129. The van der Waals surface area contributed by atoms with E-state index in [-0.39, 0.29) is 18.1 Å². The van der Waals surface area contributed by atoms with E-state index in [2.05, 4.69) is 38.2 Å². The molecule has 5 nitrogen and oxygen atoms in total. The molecular weight excluding hydrogens is 304 g/mol. The summed E-state index contributed by atoms with van der Waals surface area (Å²) in [6.07, 6.45) is 1.30. The van der Waals surface area contributed by atoms with Crippen molar-refractivity contribution in [1.29, 1.82) is 0 Å². The van der Waals surface area contributed by atoms with E-state index in [1.165, 1.54) is 16.7 Å². The highest BCUT2D eigenvalue weighted by Crippen LogP contribution is 2.23. The van der Waals surface area contributed by atoms with Gasteiger partial charge in [-0.3, -0.25) is 0 Å². The number of urea groups is 1. The van der Waals surface area contributed by atoms with Crippen LogP contribution in [0.25, 0.3) is 0 Å². The molecule has 134 valence electrons. The normalized spacial score (nSPS) is 18.5. The minimum atomic E-state index is -0.350. The third-order valence-electron chi connectivity index (χ3n) is 4.81. The highest BCUT2D eigenvalue weighted by Gasteiger charge is 2.28. The van der Waals surface area contributed by atoms with Crippen LogP contribution in [-0.2, 0) is 0 Å². The third kappa shape index (κ3) is 4.87. The summed E-state index contributed by atoms with van der Waals surface area (Å²) in [4.78, 5) is 13.9. The van der Waals surface area contributed by atoms with Crippen molar-refractivity contribution in [3.05, 3.63) is 28.8 Å². The van der Waals surface area contributed by atoms with Crippen LogP contribution in [-0.4, -0.2) is 48.4 Å². The number of aliphatic hydroxyl groups is 1. The van der Waals surface area contributed by atoms with Crippen molar-refractivity contribution >= 4 is 6.03 Å². The first-order chi connectivity index (χ1) is 11.4. The Balaban J connectivity index is 1.68. The first-order valence-corrected chi connectivity index (χ1v) is 8.80. The van der Waals surface area contributed by atoms with Crippen LogP contribution in [0, 0.1) is 26.7 Å². The van der Waals surface area contributed by atoms with Gasteiger partial charge in [-0.05, 0) is 63.3 Å². The van der Waals surface area contributed by atoms with E-state index in [1.807, 2.05) is 0 Å². The standard InChI is InChI=1S/C19H30N2O3/c1-13-10-14(2)15(3)18(11-13)24-9-5-7-20-19(23)21-8-6-17(12-21)16(4)22/h10-11,16-17,22H,5-9,12H2,1-4H3,(H,20,23)/t16-,17+/m1/s1. The van der Waals surface area contributed by atoms with Gasteiger partial charge in [0.05, 0.1) is 12.7 Å². The molecule has 2 amide bonds. The van der Waals surface area contributed by atoms with E-state index in [1.54, 1.807) is 11.8 Å². The summed E-state index contributed by atoms with van der Waals surface area (Å²) >= 11 is 0. The molecule has 1 aromatic rings. The average Bonchev–Trinajstić information content (AvgIpc) is 3.01. The summed E-state index contributed by atoms with van der Waals surface area (Å²) in [5, 5.41) is 12.5. The molecule has 1 heterocycles. The number of amides is 2. The van der Waals surface area contributed by atoms with Crippen LogP contribution in [0.5, 0.6) is 5.75 Å². The molecule has 24 heavy (non-hydrogen) atoms. The fraction of sp³-hybridized carbons (Fsp3) is 0.632. The molecule has 2 N–H and O–H groups in total. The van der Waals surface area contributed by atoms with Crippen LogP contribution in [0.1, 0.15) is 36.5 Å². The molecule has 1 aliphatic heterocycles. The van der Waals surface area contributed by atoms with Crippen molar-refractivity contribution in [1.82, 2.24) is 10.2 Å². The van der Waals surface area contributed by atoms with E-state index in [4.69, 9.17) is 4.74 Å². The number of nitrogens with one attached hydrogen (secondary N) is 1. The number of ether oxygens (including phenoxy) is 1. The van der Waals surface area contributed by atoms with E-state index < -0.39 is 0 Å². The minimum Gasteiger partial charge on any atom is -0.493 e. The van der Waals surface area contributed by atoms with Crippen molar-refractivity contribution < 1.29 is 14.6 Å². The molecule has 0 aliphatic carbocycles. The molecule has 0 aromatic heterocycles. The van der Waals surface area contributed by atoms with Gasteiger partial charge in [-0.25, -0.2) is 4.79 Å². The van der Waals surface area contributed by atoms with Gasteiger partial charge in [0.15, 0.2) is 0 Å². The monoisotopic (exact) mass is 334 g/mol. The maximum absolute atomic E-state index is 12.1. The summed E-state index contributed by atoms with van der Waals surface area (Å²) in [7, 11) is 0. The van der Waals surface area contributed by atoms with E-state index in [9.17, 15) is 9.90 Å². The number of rotatable bonds is 6. The Morgan fingerprint density at radius 3 is 2.83 bits per heavy atom. The van der Waals surface area contributed by atoms with Crippen LogP contribution in [0.3, 0.4) is 0 Å². The molecule has 1 aliphatic rings. The molecular formula is C19H30N2O3. The lowest BCUT2D eigenvalue weighted by Crippen LogP contribution is -2.39. The number of hydrogen-bond acceptors (Lipinski definition) is 3. The number of nitrogens with zero attached hydrogens (tertiary/aromatic N) is 1. The third-order valence-corrected chi connectivity index (χ3v) is 4.81. The van der Waals surface area contributed by atoms with Crippen molar-refractivity contribution in [3.8, 4) is 5.75 Å². The van der Waals surface area contributed by atoms with Gasteiger partial charge in [0.1, 0.15) is 5.75 Å². The van der Waals surface area contributed by atoms with Gasteiger partial charge in [0.2, 0.25) is 0 Å². The average molecular weight is 334 g/mol. The molecule has 1 saturated heterocycles. The summed E-state index contributed by atoms with van der Waals surface area (Å²) in [5.41, 5.74) is 3.61. The zero-order valence-corrected chi connectivity index (χ0v) is 15.3. The van der Waals surface area contributed by atoms with Crippen LogP contribution in [0.4, 0.5) is 4.79 Å². The van der Waals surface area contributed by atoms with Gasteiger partial charge >= 0.3 is 6.03 Å². The number of aryl methyl sites for hydroxylation is 2. The molecule has 5 heteroatoms. The fourth-order valence-electron chi connectivity index (χ4n) is 3.08. The first-order valence-electron chi connectivity index (χ1n) is 8.80. The van der Waals surface area contributed by atoms with Crippen LogP contribution in [0.15, 0.2) is 12.1 Å². The zero-order valence-electron chi connectivity index (χ0n) is 15.3. The Morgan fingerprint density at radius 2 is 2.17 bits per heavy atom. The fourth-order valence-corrected chi connectivity index (χ4v) is 3.08. The van der Waals surface area contributed by atoms with Crippen LogP contribution < -0.4 is 10.1 Å². The van der Waals surface area contributed by atoms with Gasteiger partial charge in [-0.15, -0.1) is 0 Å².